The van der Waals surface area contributed by atoms with E-state index in [9.17, 15) is 4.79 Å². The Morgan fingerprint density at radius 1 is 1.40 bits per heavy atom. The first-order valence-electron chi connectivity index (χ1n) is 6.71. The third-order valence-electron chi connectivity index (χ3n) is 3.04. The molecule has 20 heavy (non-hydrogen) atoms. The number of aromatic nitrogens is 2. The van der Waals surface area contributed by atoms with E-state index in [1.165, 1.54) is 0 Å². The van der Waals surface area contributed by atoms with Gasteiger partial charge in [0.25, 0.3) is 0 Å². The van der Waals surface area contributed by atoms with E-state index < -0.39 is 5.60 Å². The number of carbonyl (C=O) groups excluding carboxylic acids is 1. The molecule has 2 rings (SSSR count). The summed E-state index contributed by atoms with van der Waals surface area (Å²) in [6.45, 7) is 10.4. The molecule has 0 fully saturated rings. The summed E-state index contributed by atoms with van der Waals surface area (Å²) < 4.78 is 7.25. The van der Waals surface area contributed by atoms with Gasteiger partial charge in [0, 0.05) is 6.04 Å². The molecule has 0 bridgehead atoms. The predicted molar refractivity (Wildman–Crippen MR) is 72.8 cm³/mol. The largest absolute Gasteiger partial charge is 0.444 e. The van der Waals surface area contributed by atoms with E-state index in [1.807, 2.05) is 39.2 Å². The van der Waals surface area contributed by atoms with Crippen LogP contribution in [0.4, 0.5) is 4.79 Å². The summed E-state index contributed by atoms with van der Waals surface area (Å²) in [5.41, 5.74) is 1.21. The van der Waals surface area contributed by atoms with Gasteiger partial charge in [0.1, 0.15) is 11.7 Å². The van der Waals surface area contributed by atoms with Crippen molar-refractivity contribution in [3.63, 3.8) is 0 Å². The molecule has 6 heteroatoms. The maximum absolute atomic E-state index is 12.1. The van der Waals surface area contributed by atoms with Crippen LogP contribution in [0.15, 0.2) is 0 Å². The fourth-order valence-electron chi connectivity index (χ4n) is 2.32. The first-order valence-corrected chi connectivity index (χ1v) is 6.71. The zero-order chi connectivity index (χ0) is 15.1. The lowest BCUT2D eigenvalue weighted by atomic mass is 10.2. The van der Waals surface area contributed by atoms with Crippen molar-refractivity contribution < 1.29 is 9.53 Å². The normalized spacial score (nSPS) is 14.3. The van der Waals surface area contributed by atoms with Crippen molar-refractivity contribution in [1.29, 1.82) is 5.26 Å². The second-order valence-corrected chi connectivity index (χ2v) is 6.24. The van der Waals surface area contributed by atoms with E-state index in [0.717, 1.165) is 11.4 Å². The maximum atomic E-state index is 12.1. The molecule has 6 nitrogen and oxygen atoms in total. The number of ether oxygens (including phenoxy) is 1. The molecule has 1 aromatic heterocycles. The summed E-state index contributed by atoms with van der Waals surface area (Å²) in [6.07, 6.45) is -0.343. The van der Waals surface area contributed by atoms with Crippen LogP contribution in [0.5, 0.6) is 0 Å². The Kier molecular flexibility index (Phi) is 3.46. The van der Waals surface area contributed by atoms with Crippen molar-refractivity contribution in [1.82, 2.24) is 14.5 Å². The predicted octanol–water partition coefficient (Wildman–Crippen LogP) is 2.59. The Morgan fingerprint density at radius 3 is 2.55 bits per heavy atom. The van der Waals surface area contributed by atoms with E-state index >= 15 is 0 Å². The first kappa shape index (κ1) is 14.4. The topological polar surface area (TPSA) is 71.2 Å². The van der Waals surface area contributed by atoms with Gasteiger partial charge in [-0.25, -0.2) is 9.78 Å². The highest BCUT2D eigenvalue weighted by molar-refractivity contribution is 5.69. The summed E-state index contributed by atoms with van der Waals surface area (Å²) in [4.78, 5) is 18.0. The van der Waals surface area contributed by atoms with Gasteiger partial charge in [0.05, 0.1) is 24.5 Å². The molecule has 0 N–H and O–H groups in total. The van der Waals surface area contributed by atoms with Crippen LogP contribution in [0.2, 0.25) is 0 Å². The number of hydrogen-bond acceptors (Lipinski definition) is 4. The molecule has 0 saturated heterocycles. The molecule has 2 heterocycles. The molecule has 0 aliphatic carbocycles. The number of amides is 1. The number of rotatable bonds is 1. The lowest BCUT2D eigenvalue weighted by Crippen LogP contribution is -2.34. The van der Waals surface area contributed by atoms with Crippen LogP contribution in [0, 0.1) is 11.3 Å². The Hall–Kier alpha value is -2.03. The minimum absolute atomic E-state index is 0.138. The van der Waals surface area contributed by atoms with Crippen molar-refractivity contribution in [2.75, 3.05) is 0 Å². The van der Waals surface area contributed by atoms with Crippen LogP contribution in [0.3, 0.4) is 0 Å². The van der Waals surface area contributed by atoms with Crippen molar-refractivity contribution in [3.05, 3.63) is 17.2 Å². The number of nitrogens with zero attached hydrogens (tertiary/aromatic N) is 4. The highest BCUT2D eigenvalue weighted by Gasteiger charge is 2.32. The Balaban J connectivity index is 2.21. The summed E-state index contributed by atoms with van der Waals surface area (Å²) in [5.74, 6) is 0.411. The fraction of sp³-hybridized carbons (Fsp3) is 0.643. The van der Waals surface area contributed by atoms with Gasteiger partial charge in [0.15, 0.2) is 0 Å². The van der Waals surface area contributed by atoms with Gasteiger partial charge in [-0.2, -0.15) is 5.26 Å². The Bertz CT molecular complexity index is 575. The minimum atomic E-state index is -0.511. The highest BCUT2D eigenvalue weighted by Crippen LogP contribution is 2.27. The SMILES string of the molecule is CC(C)n1c(C#N)nc2c1CN(C(=O)OC(C)(C)C)C2. The maximum Gasteiger partial charge on any atom is 0.410 e. The second kappa shape index (κ2) is 4.82. The van der Waals surface area contributed by atoms with Crippen LogP contribution >= 0.6 is 0 Å². The summed E-state index contributed by atoms with van der Waals surface area (Å²) in [7, 11) is 0. The third-order valence-corrected chi connectivity index (χ3v) is 3.04. The summed E-state index contributed by atoms with van der Waals surface area (Å²) >= 11 is 0. The standard InChI is InChI=1S/C14H20N4O2/c1-9(2)18-11-8-17(13(19)20-14(3,4)5)7-10(11)16-12(18)6-15/h9H,7-8H2,1-5H3. The lowest BCUT2D eigenvalue weighted by Gasteiger charge is -2.24. The lowest BCUT2D eigenvalue weighted by molar-refractivity contribution is 0.0237. The molecule has 1 aliphatic rings. The molecule has 1 aromatic rings. The summed E-state index contributed by atoms with van der Waals surface area (Å²) in [6, 6.07) is 2.24. The first-order chi connectivity index (χ1) is 9.23. The average Bonchev–Trinajstić information content (AvgIpc) is 2.81. The van der Waals surface area contributed by atoms with Crippen LogP contribution in [-0.2, 0) is 17.8 Å². The number of imidazole rings is 1. The molecular weight excluding hydrogens is 256 g/mol. The van der Waals surface area contributed by atoms with Crippen LogP contribution in [0.25, 0.3) is 0 Å². The molecule has 0 atom stereocenters. The molecule has 1 aliphatic heterocycles. The van der Waals surface area contributed by atoms with Crippen LogP contribution in [-0.4, -0.2) is 26.1 Å². The van der Waals surface area contributed by atoms with Crippen molar-refractivity contribution in [3.8, 4) is 6.07 Å². The van der Waals surface area contributed by atoms with E-state index in [0.29, 0.717) is 18.9 Å². The van der Waals surface area contributed by atoms with Gasteiger partial charge in [-0.1, -0.05) is 0 Å². The smallest absolute Gasteiger partial charge is 0.410 e. The van der Waals surface area contributed by atoms with Crippen molar-refractivity contribution in [2.45, 2.75) is 59.4 Å². The molecule has 0 aromatic carbocycles. The zero-order valence-electron chi connectivity index (χ0n) is 12.6. The molecule has 0 saturated carbocycles. The molecule has 108 valence electrons. The molecule has 0 radical (unpaired) electrons. The van der Waals surface area contributed by atoms with E-state index in [1.54, 1.807) is 4.90 Å². The van der Waals surface area contributed by atoms with Gasteiger partial charge in [-0.05, 0) is 34.6 Å². The molecule has 0 spiro atoms. The number of fused-ring (bicyclic) bond motifs is 1. The minimum Gasteiger partial charge on any atom is -0.444 e. The third kappa shape index (κ3) is 2.62. The van der Waals surface area contributed by atoms with E-state index in [2.05, 4.69) is 11.1 Å². The van der Waals surface area contributed by atoms with E-state index in [-0.39, 0.29) is 12.1 Å². The van der Waals surface area contributed by atoms with Gasteiger partial charge in [0.2, 0.25) is 5.82 Å². The monoisotopic (exact) mass is 276 g/mol. The molecule has 1 amide bonds. The van der Waals surface area contributed by atoms with E-state index in [4.69, 9.17) is 10.00 Å². The quantitative estimate of drug-likeness (QED) is 0.790. The average molecular weight is 276 g/mol. The van der Waals surface area contributed by atoms with Crippen LogP contribution in [0.1, 0.15) is 57.9 Å². The summed E-state index contributed by atoms with van der Waals surface area (Å²) in [5, 5.41) is 9.11. The molecule has 0 unspecified atom stereocenters. The number of carbonyl (C=O) groups is 1. The van der Waals surface area contributed by atoms with Crippen molar-refractivity contribution in [2.24, 2.45) is 0 Å². The van der Waals surface area contributed by atoms with Gasteiger partial charge >= 0.3 is 6.09 Å². The van der Waals surface area contributed by atoms with Crippen LogP contribution < -0.4 is 0 Å². The Morgan fingerprint density at radius 2 is 2.05 bits per heavy atom. The molecular formula is C14H20N4O2. The van der Waals surface area contributed by atoms with Gasteiger partial charge in [-0.15, -0.1) is 0 Å². The van der Waals surface area contributed by atoms with Gasteiger partial charge in [-0.3, -0.25) is 4.90 Å². The van der Waals surface area contributed by atoms with Crippen molar-refractivity contribution >= 4 is 6.09 Å². The zero-order valence-corrected chi connectivity index (χ0v) is 12.6. The number of hydrogen-bond donors (Lipinski definition) is 0. The fourth-order valence-corrected chi connectivity index (χ4v) is 2.32. The van der Waals surface area contributed by atoms with Gasteiger partial charge < -0.3 is 9.30 Å². The number of nitriles is 1. The second-order valence-electron chi connectivity index (χ2n) is 6.24. The Labute approximate surface area is 119 Å². The highest BCUT2D eigenvalue weighted by atomic mass is 16.6.